The van der Waals surface area contributed by atoms with E-state index in [-0.39, 0.29) is 11.9 Å². The number of carbonyl (C=O) groups excluding carboxylic acids is 1. The van der Waals surface area contributed by atoms with Crippen molar-refractivity contribution in [2.45, 2.75) is 26.2 Å². The fraction of sp³-hybridized carbons (Fsp3) is 0.357. The molecule has 0 radical (unpaired) electrons. The number of rotatable bonds is 2. The third-order valence-corrected chi connectivity index (χ3v) is 3.19. The van der Waals surface area contributed by atoms with Gasteiger partial charge in [0.05, 0.1) is 5.92 Å². The van der Waals surface area contributed by atoms with Gasteiger partial charge in [0.15, 0.2) is 0 Å². The van der Waals surface area contributed by atoms with Crippen molar-refractivity contribution in [2.75, 3.05) is 0 Å². The fourth-order valence-electron chi connectivity index (χ4n) is 1.93. The zero-order chi connectivity index (χ0) is 12.3. The Balaban J connectivity index is 2.05. The Kier molecular flexibility index (Phi) is 3.85. The average molecular weight is 251 g/mol. The number of hydrogen-bond donors (Lipinski definition) is 0. The van der Waals surface area contributed by atoms with Gasteiger partial charge in [-0.2, -0.15) is 0 Å². The van der Waals surface area contributed by atoms with E-state index >= 15 is 0 Å². The molecule has 0 fully saturated rings. The van der Waals surface area contributed by atoms with Crippen molar-refractivity contribution in [1.82, 2.24) is 0 Å². The molecule has 17 heavy (non-hydrogen) atoms. The zero-order valence-corrected chi connectivity index (χ0v) is 10.5. The molecule has 0 N–H and O–H groups in total. The van der Waals surface area contributed by atoms with Crippen molar-refractivity contribution in [1.29, 1.82) is 0 Å². The van der Waals surface area contributed by atoms with E-state index in [4.69, 9.17) is 16.3 Å². The van der Waals surface area contributed by atoms with Gasteiger partial charge in [0.2, 0.25) is 0 Å². The molecule has 2 rings (SSSR count). The Morgan fingerprint density at radius 3 is 2.88 bits per heavy atom. The van der Waals surface area contributed by atoms with Gasteiger partial charge in [0.25, 0.3) is 0 Å². The molecule has 0 saturated heterocycles. The predicted molar refractivity (Wildman–Crippen MR) is 68.3 cm³/mol. The summed E-state index contributed by atoms with van der Waals surface area (Å²) in [6, 6.07) is 5.27. The van der Waals surface area contributed by atoms with Crippen LogP contribution in [-0.2, 0) is 4.79 Å². The third kappa shape index (κ3) is 3.10. The lowest BCUT2D eigenvalue weighted by Gasteiger charge is -2.17. The maximum atomic E-state index is 11.9. The summed E-state index contributed by atoms with van der Waals surface area (Å²) in [5.41, 5.74) is 0.886. The number of carbonyl (C=O) groups is 1. The van der Waals surface area contributed by atoms with E-state index in [1.807, 2.05) is 13.0 Å². The van der Waals surface area contributed by atoms with E-state index < -0.39 is 0 Å². The minimum atomic E-state index is -0.139. The van der Waals surface area contributed by atoms with Gasteiger partial charge in [0, 0.05) is 5.02 Å². The lowest BCUT2D eigenvalue weighted by atomic mass is 9.95. The lowest BCUT2D eigenvalue weighted by Crippen LogP contribution is -2.21. The number of esters is 1. The zero-order valence-electron chi connectivity index (χ0n) is 9.78. The predicted octanol–water partition coefficient (Wildman–Crippen LogP) is 3.91. The van der Waals surface area contributed by atoms with E-state index in [0.29, 0.717) is 10.8 Å². The Hall–Kier alpha value is -1.28. The smallest absolute Gasteiger partial charge is 0.314 e. The molecule has 1 atom stereocenters. The van der Waals surface area contributed by atoms with Crippen LogP contribution in [0.2, 0.25) is 5.02 Å². The van der Waals surface area contributed by atoms with Gasteiger partial charge in [-0.3, -0.25) is 4.79 Å². The van der Waals surface area contributed by atoms with E-state index in [1.54, 1.807) is 18.2 Å². The van der Waals surface area contributed by atoms with Crippen LogP contribution in [0.15, 0.2) is 30.4 Å². The molecule has 0 bridgehead atoms. The second kappa shape index (κ2) is 5.37. The van der Waals surface area contributed by atoms with Crippen LogP contribution in [0.25, 0.3) is 0 Å². The minimum Gasteiger partial charge on any atom is -0.426 e. The monoisotopic (exact) mass is 250 g/mol. The summed E-state index contributed by atoms with van der Waals surface area (Å²) in [5, 5.41) is 0.655. The first-order valence-corrected chi connectivity index (χ1v) is 6.17. The SMILES string of the molecule is Cc1cc(Cl)ccc1OC(=O)C1CC=CCC1. The molecular weight excluding hydrogens is 236 g/mol. The van der Waals surface area contributed by atoms with Crippen molar-refractivity contribution in [2.24, 2.45) is 5.92 Å². The van der Waals surface area contributed by atoms with Gasteiger partial charge < -0.3 is 4.74 Å². The van der Waals surface area contributed by atoms with Gasteiger partial charge >= 0.3 is 5.97 Å². The largest absolute Gasteiger partial charge is 0.426 e. The van der Waals surface area contributed by atoms with E-state index in [2.05, 4.69) is 6.08 Å². The Morgan fingerprint density at radius 1 is 1.41 bits per heavy atom. The molecule has 0 heterocycles. The quantitative estimate of drug-likeness (QED) is 0.452. The highest BCUT2D eigenvalue weighted by Gasteiger charge is 2.21. The molecule has 1 unspecified atom stereocenters. The van der Waals surface area contributed by atoms with Crippen molar-refractivity contribution < 1.29 is 9.53 Å². The normalized spacial score (nSPS) is 19.1. The van der Waals surface area contributed by atoms with Crippen molar-refractivity contribution in [3.8, 4) is 5.75 Å². The van der Waals surface area contributed by atoms with Crippen LogP contribution in [0.4, 0.5) is 0 Å². The van der Waals surface area contributed by atoms with Crippen LogP contribution in [-0.4, -0.2) is 5.97 Å². The van der Waals surface area contributed by atoms with E-state index in [0.717, 1.165) is 24.8 Å². The maximum Gasteiger partial charge on any atom is 0.314 e. The van der Waals surface area contributed by atoms with Gasteiger partial charge in [-0.1, -0.05) is 23.8 Å². The van der Waals surface area contributed by atoms with Gasteiger partial charge in [0.1, 0.15) is 5.75 Å². The first kappa shape index (κ1) is 12.2. The lowest BCUT2D eigenvalue weighted by molar-refractivity contribution is -0.139. The summed E-state index contributed by atoms with van der Waals surface area (Å²) >= 11 is 5.85. The molecule has 2 nitrogen and oxygen atoms in total. The molecular formula is C14H15ClO2. The molecule has 0 amide bonds. The van der Waals surface area contributed by atoms with Crippen molar-refractivity contribution in [3.63, 3.8) is 0 Å². The molecule has 1 aliphatic rings. The summed E-state index contributed by atoms with van der Waals surface area (Å²) in [5.74, 6) is 0.462. The van der Waals surface area contributed by atoms with Crippen molar-refractivity contribution in [3.05, 3.63) is 40.9 Å². The summed E-state index contributed by atoms with van der Waals surface area (Å²) in [6.07, 6.45) is 6.77. The number of halogens is 1. The molecule has 0 aromatic heterocycles. The number of ether oxygens (including phenoxy) is 1. The van der Waals surface area contributed by atoms with Crippen LogP contribution in [0, 0.1) is 12.8 Å². The number of aryl methyl sites for hydroxylation is 1. The molecule has 0 aliphatic heterocycles. The van der Waals surface area contributed by atoms with E-state index in [9.17, 15) is 4.79 Å². The summed E-state index contributed by atoms with van der Waals surface area (Å²) < 4.78 is 5.41. The van der Waals surface area contributed by atoms with Gasteiger partial charge in [-0.25, -0.2) is 0 Å². The highest BCUT2D eigenvalue weighted by Crippen LogP contribution is 2.25. The van der Waals surface area contributed by atoms with Gasteiger partial charge in [-0.15, -0.1) is 0 Å². The first-order valence-electron chi connectivity index (χ1n) is 5.79. The molecule has 3 heteroatoms. The van der Waals surface area contributed by atoms with Gasteiger partial charge in [-0.05, 0) is 49.9 Å². The summed E-state index contributed by atoms with van der Waals surface area (Å²) in [7, 11) is 0. The molecule has 1 aromatic rings. The fourth-order valence-corrected chi connectivity index (χ4v) is 2.15. The third-order valence-electron chi connectivity index (χ3n) is 2.95. The minimum absolute atomic E-state index is 0.00456. The highest BCUT2D eigenvalue weighted by atomic mass is 35.5. The standard InChI is InChI=1S/C14H15ClO2/c1-10-9-12(15)7-8-13(10)17-14(16)11-5-3-2-4-6-11/h2-3,7-9,11H,4-6H2,1H3. The highest BCUT2D eigenvalue weighted by molar-refractivity contribution is 6.30. The second-order valence-electron chi connectivity index (χ2n) is 4.31. The second-order valence-corrected chi connectivity index (χ2v) is 4.75. The molecule has 90 valence electrons. The Morgan fingerprint density at radius 2 is 2.24 bits per heavy atom. The Labute approximate surface area is 106 Å². The average Bonchev–Trinajstić information content (AvgIpc) is 2.34. The van der Waals surface area contributed by atoms with Crippen LogP contribution in [0.3, 0.4) is 0 Å². The summed E-state index contributed by atoms with van der Waals surface area (Å²) in [4.78, 5) is 11.9. The number of allylic oxidation sites excluding steroid dienone is 2. The van der Waals surface area contributed by atoms with Crippen LogP contribution < -0.4 is 4.74 Å². The van der Waals surface area contributed by atoms with Crippen LogP contribution in [0.1, 0.15) is 24.8 Å². The van der Waals surface area contributed by atoms with Crippen LogP contribution in [0.5, 0.6) is 5.75 Å². The molecule has 0 spiro atoms. The molecule has 0 saturated carbocycles. The number of hydrogen-bond acceptors (Lipinski definition) is 2. The Bertz CT molecular complexity index is 452. The van der Waals surface area contributed by atoms with Crippen LogP contribution >= 0.6 is 11.6 Å². The molecule has 1 aromatic carbocycles. The molecule has 1 aliphatic carbocycles. The topological polar surface area (TPSA) is 26.3 Å². The number of benzene rings is 1. The van der Waals surface area contributed by atoms with Crippen molar-refractivity contribution >= 4 is 17.6 Å². The first-order chi connectivity index (χ1) is 8.16. The maximum absolute atomic E-state index is 11.9. The summed E-state index contributed by atoms with van der Waals surface area (Å²) in [6.45, 7) is 1.88. The van der Waals surface area contributed by atoms with E-state index in [1.165, 1.54) is 0 Å².